The van der Waals surface area contributed by atoms with Crippen molar-refractivity contribution in [1.29, 1.82) is 0 Å². The van der Waals surface area contributed by atoms with E-state index in [1.54, 1.807) is 0 Å². The van der Waals surface area contributed by atoms with Crippen LogP contribution >= 0.6 is 0 Å². The molecule has 0 amide bonds. The second kappa shape index (κ2) is 6.93. The first-order chi connectivity index (χ1) is 9.64. The Bertz CT molecular complexity index is 645. The smallest absolute Gasteiger partial charge is 0.384 e. The van der Waals surface area contributed by atoms with Gasteiger partial charge in [-0.1, -0.05) is 17.9 Å². The Labute approximate surface area is 121 Å². The standard InChI is InChI=1S/C13H14F3NO3S/c1-10(9-13(14,15)16)17-21(19,20)12-6-2-4-11(8-12)5-3-7-18/h2,4,6,8,10,17-18H,7,9H2,1H3. The molecule has 0 aliphatic carbocycles. The Hall–Kier alpha value is -1.56. The van der Waals surface area contributed by atoms with Crippen molar-refractivity contribution >= 4 is 10.0 Å². The maximum absolute atomic E-state index is 12.2. The number of sulfonamides is 1. The average Bonchev–Trinajstić information content (AvgIpc) is 2.33. The van der Waals surface area contributed by atoms with E-state index in [-0.39, 0.29) is 11.5 Å². The molecule has 1 aromatic rings. The van der Waals surface area contributed by atoms with Crippen LogP contribution in [0.4, 0.5) is 13.2 Å². The zero-order chi connectivity index (χ0) is 16.1. The molecule has 4 nitrogen and oxygen atoms in total. The molecular weight excluding hydrogens is 307 g/mol. The summed E-state index contributed by atoms with van der Waals surface area (Å²) < 4.78 is 62.6. The van der Waals surface area contributed by atoms with Crippen molar-refractivity contribution in [1.82, 2.24) is 4.72 Å². The molecule has 1 rings (SSSR count). The Kier molecular flexibility index (Phi) is 5.78. The molecule has 0 spiro atoms. The molecule has 21 heavy (non-hydrogen) atoms. The van der Waals surface area contributed by atoms with E-state index in [2.05, 4.69) is 11.8 Å². The molecule has 1 atom stereocenters. The van der Waals surface area contributed by atoms with E-state index in [1.807, 2.05) is 4.72 Å². The third kappa shape index (κ3) is 6.16. The Balaban J connectivity index is 2.93. The second-order valence-corrected chi connectivity index (χ2v) is 6.04. The molecule has 1 aromatic carbocycles. The highest BCUT2D eigenvalue weighted by molar-refractivity contribution is 7.89. The second-order valence-electron chi connectivity index (χ2n) is 4.33. The van der Waals surface area contributed by atoms with Crippen LogP contribution in [0, 0.1) is 11.8 Å². The summed E-state index contributed by atoms with van der Waals surface area (Å²) in [5, 5.41) is 8.57. The topological polar surface area (TPSA) is 66.4 Å². The predicted molar refractivity (Wildman–Crippen MR) is 70.9 cm³/mol. The van der Waals surface area contributed by atoms with Crippen molar-refractivity contribution in [2.75, 3.05) is 6.61 Å². The Morgan fingerprint density at radius 1 is 1.38 bits per heavy atom. The predicted octanol–water partition coefficient (Wildman–Crippen LogP) is 1.65. The van der Waals surface area contributed by atoms with Crippen LogP contribution in [0.1, 0.15) is 18.9 Å². The summed E-state index contributed by atoms with van der Waals surface area (Å²) in [5.41, 5.74) is 0.343. The first-order valence-corrected chi connectivity index (χ1v) is 7.41. The zero-order valence-corrected chi connectivity index (χ0v) is 11.9. The molecular formula is C13H14F3NO3S. The molecule has 0 saturated carbocycles. The number of benzene rings is 1. The summed E-state index contributed by atoms with van der Waals surface area (Å²) in [5.74, 6) is 4.88. The van der Waals surface area contributed by atoms with Crippen LogP contribution in [0.5, 0.6) is 0 Å². The number of halogens is 3. The highest BCUT2D eigenvalue weighted by Gasteiger charge is 2.31. The van der Waals surface area contributed by atoms with Crippen molar-refractivity contribution in [3.63, 3.8) is 0 Å². The number of aliphatic hydroxyl groups is 1. The summed E-state index contributed by atoms with van der Waals surface area (Å²) in [6.07, 6.45) is -5.70. The summed E-state index contributed by atoms with van der Waals surface area (Å²) in [7, 11) is -4.06. The van der Waals surface area contributed by atoms with Crippen LogP contribution < -0.4 is 4.72 Å². The molecule has 116 valence electrons. The Morgan fingerprint density at radius 3 is 2.62 bits per heavy atom. The van der Waals surface area contributed by atoms with Crippen LogP contribution in [0.2, 0.25) is 0 Å². The van der Waals surface area contributed by atoms with E-state index in [0.717, 1.165) is 6.92 Å². The Morgan fingerprint density at radius 2 is 2.05 bits per heavy atom. The zero-order valence-electron chi connectivity index (χ0n) is 11.1. The molecule has 0 bridgehead atoms. The summed E-state index contributed by atoms with van der Waals surface area (Å²) >= 11 is 0. The van der Waals surface area contributed by atoms with E-state index in [9.17, 15) is 21.6 Å². The van der Waals surface area contributed by atoms with Gasteiger partial charge in [-0.25, -0.2) is 13.1 Å². The molecule has 0 heterocycles. The van der Waals surface area contributed by atoms with Gasteiger partial charge in [-0.05, 0) is 25.1 Å². The lowest BCUT2D eigenvalue weighted by molar-refractivity contribution is -0.137. The normalized spacial score (nSPS) is 13.4. The van der Waals surface area contributed by atoms with Crippen LogP contribution in [-0.4, -0.2) is 32.3 Å². The molecule has 0 aliphatic rings. The number of aliphatic hydroxyl groups excluding tert-OH is 1. The van der Waals surface area contributed by atoms with Gasteiger partial charge in [-0.2, -0.15) is 13.2 Å². The van der Waals surface area contributed by atoms with E-state index in [4.69, 9.17) is 5.11 Å². The molecule has 2 N–H and O–H groups in total. The molecule has 0 radical (unpaired) electrons. The minimum Gasteiger partial charge on any atom is -0.384 e. The lowest BCUT2D eigenvalue weighted by Crippen LogP contribution is -2.35. The highest BCUT2D eigenvalue weighted by Crippen LogP contribution is 2.22. The van der Waals surface area contributed by atoms with Crippen LogP contribution in [0.25, 0.3) is 0 Å². The fraction of sp³-hybridized carbons (Fsp3) is 0.385. The minimum atomic E-state index is -4.45. The summed E-state index contributed by atoms with van der Waals surface area (Å²) in [6.45, 7) is 0.762. The van der Waals surface area contributed by atoms with Crippen LogP contribution in [0.15, 0.2) is 29.2 Å². The summed E-state index contributed by atoms with van der Waals surface area (Å²) in [6, 6.07) is 4.16. The lowest BCUT2D eigenvalue weighted by atomic mass is 10.2. The van der Waals surface area contributed by atoms with Crippen LogP contribution in [-0.2, 0) is 10.0 Å². The molecule has 8 heteroatoms. The highest BCUT2D eigenvalue weighted by atomic mass is 32.2. The van der Waals surface area contributed by atoms with Crippen LogP contribution in [0.3, 0.4) is 0 Å². The van der Waals surface area contributed by atoms with Gasteiger partial charge in [0.05, 0.1) is 11.3 Å². The van der Waals surface area contributed by atoms with Gasteiger partial charge in [0.15, 0.2) is 0 Å². The van der Waals surface area contributed by atoms with E-state index in [0.29, 0.717) is 5.56 Å². The van der Waals surface area contributed by atoms with Gasteiger partial charge in [0.25, 0.3) is 0 Å². The maximum atomic E-state index is 12.2. The minimum absolute atomic E-state index is 0.179. The summed E-state index contributed by atoms with van der Waals surface area (Å²) in [4.78, 5) is -0.179. The average molecular weight is 321 g/mol. The van der Waals surface area contributed by atoms with Crippen molar-refractivity contribution in [3.05, 3.63) is 29.8 Å². The number of rotatable bonds is 4. The van der Waals surface area contributed by atoms with Gasteiger partial charge in [0, 0.05) is 11.6 Å². The van der Waals surface area contributed by atoms with Gasteiger partial charge in [0.1, 0.15) is 6.61 Å². The number of alkyl halides is 3. The molecule has 0 aliphatic heterocycles. The lowest BCUT2D eigenvalue weighted by Gasteiger charge is -2.16. The quantitative estimate of drug-likeness (QED) is 0.829. The van der Waals surface area contributed by atoms with Crippen molar-refractivity contribution < 1.29 is 26.7 Å². The van der Waals surface area contributed by atoms with Crippen molar-refractivity contribution in [2.24, 2.45) is 0 Å². The fourth-order valence-corrected chi connectivity index (χ4v) is 2.89. The number of nitrogens with one attached hydrogen (secondary N) is 1. The monoisotopic (exact) mass is 321 g/mol. The number of hydrogen-bond donors (Lipinski definition) is 2. The fourth-order valence-electron chi connectivity index (χ4n) is 1.60. The van der Waals surface area contributed by atoms with E-state index >= 15 is 0 Å². The first kappa shape index (κ1) is 17.5. The van der Waals surface area contributed by atoms with Crippen molar-refractivity contribution in [2.45, 2.75) is 30.5 Å². The van der Waals surface area contributed by atoms with Gasteiger partial charge in [-0.3, -0.25) is 0 Å². The van der Waals surface area contributed by atoms with Gasteiger partial charge in [0.2, 0.25) is 10.0 Å². The first-order valence-electron chi connectivity index (χ1n) is 5.93. The molecule has 0 aromatic heterocycles. The largest absolute Gasteiger partial charge is 0.390 e. The van der Waals surface area contributed by atoms with Gasteiger partial charge < -0.3 is 5.11 Å². The van der Waals surface area contributed by atoms with Gasteiger partial charge >= 0.3 is 6.18 Å². The van der Waals surface area contributed by atoms with E-state index < -0.39 is 28.7 Å². The van der Waals surface area contributed by atoms with E-state index in [1.165, 1.54) is 24.3 Å². The molecule has 0 saturated heterocycles. The molecule has 0 fully saturated rings. The number of hydrogen-bond acceptors (Lipinski definition) is 3. The maximum Gasteiger partial charge on any atom is 0.390 e. The SMILES string of the molecule is CC(CC(F)(F)F)NS(=O)(=O)c1cccc(C#CCO)c1. The third-order valence-corrected chi connectivity index (χ3v) is 3.94. The third-order valence-electron chi connectivity index (χ3n) is 2.35. The van der Waals surface area contributed by atoms with Gasteiger partial charge in [-0.15, -0.1) is 0 Å². The van der Waals surface area contributed by atoms with Crippen molar-refractivity contribution in [3.8, 4) is 11.8 Å². The molecule has 1 unspecified atom stereocenters.